The van der Waals surface area contributed by atoms with Gasteiger partial charge in [0.05, 0.1) is 16.7 Å². The second-order valence-corrected chi connectivity index (χ2v) is 7.58. The number of hydrogen-bond donors (Lipinski definition) is 0. The summed E-state index contributed by atoms with van der Waals surface area (Å²) in [5, 5.41) is 9.03. The zero-order valence-corrected chi connectivity index (χ0v) is 14.0. The summed E-state index contributed by atoms with van der Waals surface area (Å²) in [4.78, 5) is -0.0136. The topological polar surface area (TPSA) is 61.2 Å². The molecule has 1 atom stereocenters. The first-order valence-electron chi connectivity index (χ1n) is 6.05. The Kier molecular flexibility index (Phi) is 6.34. The molecule has 0 aliphatic rings. The molecule has 0 aliphatic heterocycles. The molecule has 0 spiro atoms. The number of benzene rings is 1. The third kappa shape index (κ3) is 3.67. The minimum Gasteiger partial charge on any atom is -0.207 e. The van der Waals surface area contributed by atoms with E-state index < -0.39 is 10.0 Å². The first-order chi connectivity index (χ1) is 9.38. The van der Waals surface area contributed by atoms with Gasteiger partial charge in [0.25, 0.3) is 0 Å². The van der Waals surface area contributed by atoms with E-state index in [9.17, 15) is 8.42 Å². The van der Waals surface area contributed by atoms with Crippen LogP contribution in [0.3, 0.4) is 0 Å². The molecule has 0 amide bonds. The van der Waals surface area contributed by atoms with E-state index in [1.165, 1.54) is 22.5 Å². The molecule has 0 heterocycles. The molecule has 0 radical (unpaired) electrons. The molecular weight excluding hydrogens is 316 g/mol. The molecule has 0 fully saturated rings. The molecule has 0 N–H and O–H groups in total. The minimum atomic E-state index is -3.70. The molecule has 7 heteroatoms. The Morgan fingerprint density at radius 2 is 2.15 bits per heavy atom. The van der Waals surface area contributed by atoms with Crippen LogP contribution in [0.2, 0.25) is 5.02 Å². The lowest BCUT2D eigenvalue weighted by atomic mass is 10.2. The van der Waals surface area contributed by atoms with Crippen molar-refractivity contribution in [2.24, 2.45) is 0 Å². The Hall–Kier alpha value is -0.740. The third-order valence-corrected chi connectivity index (χ3v) is 6.17. The van der Waals surface area contributed by atoms with E-state index in [2.05, 4.69) is 0 Å². The van der Waals surface area contributed by atoms with Crippen LogP contribution in [-0.4, -0.2) is 37.8 Å². The largest absolute Gasteiger partial charge is 0.244 e. The summed E-state index contributed by atoms with van der Waals surface area (Å²) in [6.07, 6.45) is 2.65. The SMILES string of the molecule is CCC(CSC)N(C)S(=O)(=O)c1cc(C#N)ccc1Cl. The number of hydrogen-bond acceptors (Lipinski definition) is 4. The Balaban J connectivity index is 3.26. The predicted octanol–water partition coefficient (Wildman–Crippen LogP) is 2.97. The van der Waals surface area contributed by atoms with E-state index >= 15 is 0 Å². The van der Waals surface area contributed by atoms with Gasteiger partial charge in [0.1, 0.15) is 4.90 Å². The number of thioether (sulfide) groups is 1. The standard InChI is InChI=1S/C13H17ClN2O2S2/c1-4-11(9-19-3)16(2)20(17,18)13-7-10(8-15)5-6-12(13)14/h5-7,11H,4,9H2,1-3H3. The monoisotopic (exact) mass is 332 g/mol. The molecule has 0 aromatic heterocycles. The van der Waals surface area contributed by atoms with Crippen molar-refractivity contribution in [3.8, 4) is 6.07 Å². The molecule has 110 valence electrons. The van der Waals surface area contributed by atoms with E-state index in [0.29, 0.717) is 12.2 Å². The second-order valence-electron chi connectivity index (χ2n) is 4.30. The summed E-state index contributed by atoms with van der Waals surface area (Å²) in [5.41, 5.74) is 0.277. The molecule has 1 rings (SSSR count). The van der Waals surface area contributed by atoms with Crippen molar-refractivity contribution in [1.82, 2.24) is 4.31 Å². The average Bonchev–Trinajstić information content (AvgIpc) is 2.44. The fourth-order valence-electron chi connectivity index (χ4n) is 1.79. The zero-order valence-electron chi connectivity index (χ0n) is 11.6. The van der Waals surface area contributed by atoms with E-state index in [0.717, 1.165) is 0 Å². The van der Waals surface area contributed by atoms with Crippen LogP contribution in [0, 0.1) is 11.3 Å². The Morgan fingerprint density at radius 3 is 2.65 bits per heavy atom. The maximum atomic E-state index is 12.6. The molecule has 0 saturated heterocycles. The molecule has 0 bridgehead atoms. The van der Waals surface area contributed by atoms with E-state index in [4.69, 9.17) is 16.9 Å². The highest BCUT2D eigenvalue weighted by atomic mass is 35.5. The summed E-state index contributed by atoms with van der Waals surface area (Å²) in [6, 6.07) is 6.09. The smallest absolute Gasteiger partial charge is 0.207 e. The van der Waals surface area contributed by atoms with Crippen LogP contribution in [0.25, 0.3) is 0 Å². The second kappa shape index (κ2) is 7.32. The van der Waals surface area contributed by atoms with E-state index in [1.807, 2.05) is 19.2 Å². The normalized spacial score (nSPS) is 13.2. The Bertz CT molecular complexity index is 611. The maximum Gasteiger partial charge on any atom is 0.244 e. The van der Waals surface area contributed by atoms with Gasteiger partial charge in [-0.3, -0.25) is 0 Å². The first-order valence-corrected chi connectivity index (χ1v) is 9.26. The van der Waals surface area contributed by atoms with Crippen LogP contribution in [0.5, 0.6) is 0 Å². The van der Waals surface area contributed by atoms with Crippen LogP contribution in [0.1, 0.15) is 18.9 Å². The molecule has 4 nitrogen and oxygen atoms in total. The zero-order chi connectivity index (χ0) is 15.3. The molecule has 1 aromatic carbocycles. The van der Waals surface area contributed by atoms with Crippen LogP contribution in [-0.2, 0) is 10.0 Å². The minimum absolute atomic E-state index is 0.0136. The number of halogens is 1. The van der Waals surface area contributed by atoms with E-state index in [1.54, 1.807) is 18.8 Å². The third-order valence-electron chi connectivity index (χ3n) is 3.06. The lowest BCUT2D eigenvalue weighted by molar-refractivity contribution is 0.385. The van der Waals surface area contributed by atoms with Crippen molar-refractivity contribution in [1.29, 1.82) is 5.26 Å². The van der Waals surface area contributed by atoms with Gasteiger partial charge in [-0.25, -0.2) is 8.42 Å². The number of nitriles is 1. The van der Waals surface area contributed by atoms with Gasteiger partial charge in [0.15, 0.2) is 0 Å². The highest BCUT2D eigenvalue weighted by molar-refractivity contribution is 7.98. The first kappa shape index (κ1) is 17.3. The molecule has 20 heavy (non-hydrogen) atoms. The van der Waals surface area contributed by atoms with E-state index in [-0.39, 0.29) is 21.5 Å². The molecule has 1 aromatic rings. The van der Waals surface area contributed by atoms with Gasteiger partial charge in [-0.05, 0) is 30.9 Å². The van der Waals surface area contributed by atoms with Crippen LogP contribution < -0.4 is 0 Å². The Morgan fingerprint density at radius 1 is 1.50 bits per heavy atom. The van der Waals surface area contributed by atoms with Crippen LogP contribution >= 0.6 is 23.4 Å². The molecule has 0 aliphatic carbocycles. The molecule has 1 unspecified atom stereocenters. The summed E-state index contributed by atoms with van der Waals surface area (Å²) in [7, 11) is -2.15. The van der Waals surface area contributed by atoms with Crippen molar-refractivity contribution >= 4 is 33.4 Å². The van der Waals surface area contributed by atoms with Gasteiger partial charge in [-0.15, -0.1) is 0 Å². The fourth-order valence-corrected chi connectivity index (χ4v) is 4.66. The van der Waals surface area contributed by atoms with Crippen molar-refractivity contribution < 1.29 is 8.42 Å². The lowest BCUT2D eigenvalue weighted by Crippen LogP contribution is -2.38. The van der Waals surface area contributed by atoms with Crippen molar-refractivity contribution in [2.45, 2.75) is 24.3 Å². The van der Waals surface area contributed by atoms with Gasteiger partial charge in [-0.2, -0.15) is 21.3 Å². The summed E-state index contributed by atoms with van der Waals surface area (Å²) >= 11 is 7.58. The Labute approximate surface area is 129 Å². The number of nitrogens with zero attached hydrogens (tertiary/aromatic N) is 2. The van der Waals surface area contributed by atoms with Gasteiger partial charge >= 0.3 is 0 Å². The lowest BCUT2D eigenvalue weighted by Gasteiger charge is -2.26. The summed E-state index contributed by atoms with van der Waals surface area (Å²) in [5.74, 6) is 0.710. The summed E-state index contributed by atoms with van der Waals surface area (Å²) in [6.45, 7) is 1.94. The van der Waals surface area contributed by atoms with Crippen molar-refractivity contribution in [3.63, 3.8) is 0 Å². The van der Waals surface area contributed by atoms with Crippen LogP contribution in [0.15, 0.2) is 23.1 Å². The highest BCUT2D eigenvalue weighted by Crippen LogP contribution is 2.27. The predicted molar refractivity (Wildman–Crippen MR) is 83.6 cm³/mol. The van der Waals surface area contributed by atoms with Crippen molar-refractivity contribution in [2.75, 3.05) is 19.1 Å². The quantitative estimate of drug-likeness (QED) is 0.803. The summed E-state index contributed by atoms with van der Waals surface area (Å²) < 4.78 is 26.6. The van der Waals surface area contributed by atoms with Gasteiger partial charge in [-0.1, -0.05) is 18.5 Å². The fraction of sp³-hybridized carbons (Fsp3) is 0.462. The average molecular weight is 333 g/mol. The number of sulfonamides is 1. The van der Waals surface area contributed by atoms with Gasteiger partial charge in [0, 0.05) is 18.8 Å². The van der Waals surface area contributed by atoms with Crippen molar-refractivity contribution in [3.05, 3.63) is 28.8 Å². The van der Waals surface area contributed by atoms with Gasteiger partial charge < -0.3 is 0 Å². The van der Waals surface area contributed by atoms with Crippen LogP contribution in [0.4, 0.5) is 0 Å². The number of rotatable bonds is 6. The molecular formula is C13H17ClN2O2S2. The van der Waals surface area contributed by atoms with Gasteiger partial charge in [0.2, 0.25) is 10.0 Å². The molecule has 0 saturated carbocycles. The maximum absolute atomic E-state index is 12.6. The highest BCUT2D eigenvalue weighted by Gasteiger charge is 2.28.